The second-order valence-electron chi connectivity index (χ2n) is 4.76. The first kappa shape index (κ1) is 14.6. The molecule has 1 aromatic heterocycles. The molecule has 3 rings (SSSR count). The molecule has 0 aliphatic heterocycles. The predicted molar refractivity (Wildman–Crippen MR) is 92.1 cm³/mol. The predicted octanol–water partition coefficient (Wildman–Crippen LogP) is 4.73. The van der Waals surface area contributed by atoms with Crippen LogP contribution in [0.15, 0.2) is 62.2 Å². The maximum Gasteiger partial charge on any atom is 0.193 e. The van der Waals surface area contributed by atoms with E-state index in [1.54, 1.807) is 25.3 Å². The monoisotopic (exact) mass is 356 g/mol. The van der Waals surface area contributed by atoms with E-state index in [-0.39, 0.29) is 5.43 Å². The molecule has 1 heterocycles. The van der Waals surface area contributed by atoms with Crippen LogP contribution in [0.5, 0.6) is 5.75 Å². The van der Waals surface area contributed by atoms with Gasteiger partial charge in [-0.15, -0.1) is 0 Å². The normalized spacial score (nSPS) is 11.2. The Morgan fingerprint density at radius 3 is 2.55 bits per heavy atom. The van der Waals surface area contributed by atoms with Gasteiger partial charge in [-0.2, -0.15) is 0 Å². The molecule has 2 aromatic carbocycles. The number of fused-ring (bicyclic) bond motifs is 1. The zero-order chi connectivity index (χ0) is 15.5. The molecule has 0 N–H and O–H groups in total. The largest absolute Gasteiger partial charge is 0.497 e. The van der Waals surface area contributed by atoms with Crippen LogP contribution in [0, 0.1) is 0 Å². The van der Waals surface area contributed by atoms with Gasteiger partial charge in [0, 0.05) is 10.5 Å². The molecule has 110 valence electrons. The van der Waals surface area contributed by atoms with E-state index in [0.29, 0.717) is 16.7 Å². The highest BCUT2D eigenvalue weighted by atomic mass is 79.9. The standard InChI is InChI=1S/C18H13BrO3/c1-21-14-6-2-12(3-7-14)4-8-15-11-17(20)16-10-13(19)5-9-18(16)22-15/h2-11H,1H3/b8-4+. The average Bonchev–Trinajstić information content (AvgIpc) is 2.54. The van der Waals surface area contributed by atoms with Crippen molar-refractivity contribution in [3.8, 4) is 5.75 Å². The minimum absolute atomic E-state index is 0.0584. The fourth-order valence-corrected chi connectivity index (χ4v) is 2.48. The van der Waals surface area contributed by atoms with Crippen molar-refractivity contribution in [3.63, 3.8) is 0 Å². The summed E-state index contributed by atoms with van der Waals surface area (Å²) in [5, 5.41) is 0.566. The van der Waals surface area contributed by atoms with Gasteiger partial charge in [-0.1, -0.05) is 34.1 Å². The first-order chi connectivity index (χ1) is 10.7. The van der Waals surface area contributed by atoms with Gasteiger partial charge in [0.15, 0.2) is 5.43 Å². The SMILES string of the molecule is COc1ccc(/C=C/c2cc(=O)c3cc(Br)ccc3o2)cc1. The van der Waals surface area contributed by atoms with Crippen molar-refractivity contribution in [2.75, 3.05) is 7.11 Å². The lowest BCUT2D eigenvalue weighted by molar-refractivity contribution is 0.415. The van der Waals surface area contributed by atoms with Crippen LogP contribution in [0.1, 0.15) is 11.3 Å². The van der Waals surface area contributed by atoms with Gasteiger partial charge in [0.25, 0.3) is 0 Å². The summed E-state index contributed by atoms with van der Waals surface area (Å²) in [5.41, 5.74) is 1.52. The number of rotatable bonds is 3. The Morgan fingerprint density at radius 1 is 1.05 bits per heavy atom. The quantitative estimate of drug-likeness (QED) is 0.680. The van der Waals surface area contributed by atoms with Crippen LogP contribution < -0.4 is 10.2 Å². The number of hydrogen-bond donors (Lipinski definition) is 0. The number of methoxy groups -OCH3 is 1. The van der Waals surface area contributed by atoms with Crippen LogP contribution in [-0.4, -0.2) is 7.11 Å². The summed E-state index contributed by atoms with van der Waals surface area (Å²) in [5.74, 6) is 1.33. The lowest BCUT2D eigenvalue weighted by atomic mass is 10.2. The van der Waals surface area contributed by atoms with Gasteiger partial charge in [-0.05, 0) is 42.0 Å². The molecular formula is C18H13BrO3. The summed E-state index contributed by atoms with van der Waals surface area (Å²) in [4.78, 5) is 12.1. The molecule has 22 heavy (non-hydrogen) atoms. The lowest BCUT2D eigenvalue weighted by Gasteiger charge is -2.01. The maximum absolute atomic E-state index is 12.1. The van der Waals surface area contributed by atoms with Crippen molar-refractivity contribution < 1.29 is 9.15 Å². The molecule has 0 fully saturated rings. The highest BCUT2D eigenvalue weighted by Gasteiger charge is 2.03. The lowest BCUT2D eigenvalue weighted by Crippen LogP contribution is -1.99. The summed E-state index contributed by atoms with van der Waals surface area (Å²) in [6, 6.07) is 14.5. The van der Waals surface area contributed by atoms with E-state index in [0.717, 1.165) is 15.8 Å². The summed E-state index contributed by atoms with van der Waals surface area (Å²) in [7, 11) is 1.63. The van der Waals surface area contributed by atoms with Gasteiger partial charge in [0.2, 0.25) is 0 Å². The molecule has 0 bridgehead atoms. The van der Waals surface area contributed by atoms with Crippen molar-refractivity contribution in [1.29, 1.82) is 0 Å². The third kappa shape index (κ3) is 3.12. The van der Waals surface area contributed by atoms with E-state index in [1.807, 2.05) is 36.4 Å². The van der Waals surface area contributed by atoms with Crippen molar-refractivity contribution in [3.05, 3.63) is 74.6 Å². The minimum Gasteiger partial charge on any atom is -0.497 e. The summed E-state index contributed by atoms with van der Waals surface area (Å²) in [6.07, 6.45) is 3.67. The fourth-order valence-electron chi connectivity index (χ4n) is 2.12. The third-order valence-corrected chi connectivity index (χ3v) is 3.76. The van der Waals surface area contributed by atoms with Crippen LogP contribution in [0.3, 0.4) is 0 Å². The molecule has 4 heteroatoms. The van der Waals surface area contributed by atoms with E-state index in [2.05, 4.69) is 15.9 Å². The molecule has 0 aliphatic rings. The smallest absolute Gasteiger partial charge is 0.193 e. The summed E-state index contributed by atoms with van der Waals surface area (Å²) in [6.45, 7) is 0. The van der Waals surface area contributed by atoms with E-state index in [9.17, 15) is 4.79 Å². The first-order valence-corrected chi connectivity index (χ1v) is 7.50. The Balaban J connectivity index is 1.94. The van der Waals surface area contributed by atoms with Crippen molar-refractivity contribution in [2.45, 2.75) is 0 Å². The Morgan fingerprint density at radius 2 is 1.82 bits per heavy atom. The molecule has 0 saturated carbocycles. The van der Waals surface area contributed by atoms with Gasteiger partial charge in [0.05, 0.1) is 12.5 Å². The van der Waals surface area contributed by atoms with Gasteiger partial charge in [-0.3, -0.25) is 4.79 Å². The Kier molecular flexibility index (Phi) is 4.11. The molecule has 0 amide bonds. The molecule has 0 unspecified atom stereocenters. The summed E-state index contributed by atoms with van der Waals surface area (Å²) < 4.78 is 11.7. The topological polar surface area (TPSA) is 39.4 Å². The van der Waals surface area contributed by atoms with Crippen molar-refractivity contribution >= 4 is 39.1 Å². The molecule has 0 aliphatic carbocycles. The molecule has 0 atom stereocenters. The van der Waals surface area contributed by atoms with Crippen LogP contribution in [0.2, 0.25) is 0 Å². The molecular weight excluding hydrogens is 344 g/mol. The molecule has 0 spiro atoms. The van der Waals surface area contributed by atoms with Gasteiger partial charge >= 0.3 is 0 Å². The zero-order valence-electron chi connectivity index (χ0n) is 11.9. The Bertz CT molecular complexity index is 892. The van der Waals surface area contributed by atoms with E-state index in [4.69, 9.17) is 9.15 Å². The minimum atomic E-state index is -0.0584. The fraction of sp³-hybridized carbons (Fsp3) is 0.0556. The van der Waals surface area contributed by atoms with E-state index in [1.165, 1.54) is 6.07 Å². The Hall–Kier alpha value is -2.33. The highest BCUT2D eigenvalue weighted by Crippen LogP contribution is 2.19. The Labute approximate surface area is 136 Å². The highest BCUT2D eigenvalue weighted by molar-refractivity contribution is 9.10. The second kappa shape index (κ2) is 6.20. The average molecular weight is 357 g/mol. The second-order valence-corrected chi connectivity index (χ2v) is 5.68. The van der Waals surface area contributed by atoms with E-state index >= 15 is 0 Å². The van der Waals surface area contributed by atoms with Crippen LogP contribution in [0.25, 0.3) is 23.1 Å². The number of ether oxygens (including phenoxy) is 1. The van der Waals surface area contributed by atoms with Crippen LogP contribution in [-0.2, 0) is 0 Å². The molecule has 0 saturated heterocycles. The van der Waals surface area contributed by atoms with Crippen LogP contribution in [0.4, 0.5) is 0 Å². The summed E-state index contributed by atoms with van der Waals surface area (Å²) >= 11 is 3.35. The zero-order valence-corrected chi connectivity index (χ0v) is 13.5. The van der Waals surface area contributed by atoms with Crippen molar-refractivity contribution in [2.24, 2.45) is 0 Å². The van der Waals surface area contributed by atoms with Gasteiger partial charge in [-0.25, -0.2) is 0 Å². The molecule has 0 radical (unpaired) electrons. The first-order valence-electron chi connectivity index (χ1n) is 6.71. The number of benzene rings is 2. The number of halogens is 1. The van der Waals surface area contributed by atoms with Gasteiger partial charge in [0.1, 0.15) is 17.1 Å². The van der Waals surface area contributed by atoms with Crippen molar-refractivity contribution in [1.82, 2.24) is 0 Å². The number of hydrogen-bond acceptors (Lipinski definition) is 3. The molecule has 3 aromatic rings. The van der Waals surface area contributed by atoms with Crippen LogP contribution >= 0.6 is 15.9 Å². The molecule has 3 nitrogen and oxygen atoms in total. The van der Waals surface area contributed by atoms with Gasteiger partial charge < -0.3 is 9.15 Å². The third-order valence-electron chi connectivity index (χ3n) is 3.26. The maximum atomic E-state index is 12.1. The van der Waals surface area contributed by atoms with E-state index < -0.39 is 0 Å².